The van der Waals surface area contributed by atoms with Crippen LogP contribution in [0.3, 0.4) is 0 Å². The highest BCUT2D eigenvalue weighted by Crippen LogP contribution is 2.27. The van der Waals surface area contributed by atoms with Crippen LogP contribution in [0.25, 0.3) is 0 Å². The SMILES string of the molecule is O=C(NCC1CCN(C2CN(C(=O)c3cccc(OC(F)(F)F)c3)C2)CC1)c1cc(F)cc(Cl)c1. The number of amides is 2. The molecule has 6 nitrogen and oxygen atoms in total. The van der Waals surface area contributed by atoms with Gasteiger partial charge in [0.15, 0.2) is 0 Å². The summed E-state index contributed by atoms with van der Waals surface area (Å²) in [5.74, 6) is -1.40. The predicted molar refractivity (Wildman–Crippen MR) is 121 cm³/mol. The maximum atomic E-state index is 13.5. The third kappa shape index (κ3) is 6.64. The minimum atomic E-state index is -4.81. The largest absolute Gasteiger partial charge is 0.573 e. The molecule has 0 aromatic heterocycles. The average molecular weight is 514 g/mol. The highest BCUT2D eigenvalue weighted by molar-refractivity contribution is 6.31. The summed E-state index contributed by atoms with van der Waals surface area (Å²) in [6, 6.07) is 8.98. The molecule has 0 spiro atoms. The van der Waals surface area contributed by atoms with Crippen molar-refractivity contribution < 1.29 is 31.9 Å². The molecule has 35 heavy (non-hydrogen) atoms. The van der Waals surface area contributed by atoms with Gasteiger partial charge in [0.25, 0.3) is 11.8 Å². The molecular weight excluding hydrogens is 490 g/mol. The summed E-state index contributed by atoms with van der Waals surface area (Å²) in [4.78, 5) is 28.8. The Hall–Kier alpha value is -2.85. The number of halogens is 5. The van der Waals surface area contributed by atoms with Crippen LogP contribution in [0.5, 0.6) is 5.75 Å². The molecule has 1 N–H and O–H groups in total. The first-order chi connectivity index (χ1) is 16.6. The summed E-state index contributed by atoms with van der Waals surface area (Å²) >= 11 is 5.81. The van der Waals surface area contributed by atoms with Gasteiger partial charge in [-0.1, -0.05) is 17.7 Å². The lowest BCUT2D eigenvalue weighted by molar-refractivity contribution is -0.274. The lowest BCUT2D eigenvalue weighted by atomic mass is 9.93. The Morgan fingerprint density at radius 3 is 2.43 bits per heavy atom. The topological polar surface area (TPSA) is 61.9 Å². The van der Waals surface area contributed by atoms with Crippen molar-refractivity contribution in [1.29, 1.82) is 0 Å². The lowest BCUT2D eigenvalue weighted by Gasteiger charge is -2.47. The summed E-state index contributed by atoms with van der Waals surface area (Å²) in [5, 5.41) is 3.00. The zero-order valence-corrected chi connectivity index (χ0v) is 19.4. The van der Waals surface area contributed by atoms with Crippen LogP contribution in [0.2, 0.25) is 5.02 Å². The van der Waals surface area contributed by atoms with Gasteiger partial charge in [-0.25, -0.2) is 4.39 Å². The van der Waals surface area contributed by atoms with E-state index in [1.54, 1.807) is 4.90 Å². The van der Waals surface area contributed by atoms with Gasteiger partial charge in [0.1, 0.15) is 11.6 Å². The highest BCUT2D eigenvalue weighted by Gasteiger charge is 2.37. The molecule has 2 fully saturated rings. The molecule has 2 aromatic carbocycles. The molecule has 2 aliphatic rings. The fourth-order valence-electron chi connectivity index (χ4n) is 4.41. The molecule has 0 saturated carbocycles. The number of likely N-dealkylation sites (tertiary alicyclic amines) is 2. The number of benzene rings is 2. The number of carbonyl (C=O) groups is 2. The fraction of sp³-hybridized carbons (Fsp3) is 0.417. The molecule has 2 aromatic rings. The van der Waals surface area contributed by atoms with Crippen LogP contribution in [-0.4, -0.2) is 66.7 Å². The second-order valence-corrected chi connectivity index (χ2v) is 9.22. The molecule has 0 aliphatic carbocycles. The number of piperidine rings is 1. The van der Waals surface area contributed by atoms with Gasteiger partial charge in [-0.05, 0) is 68.2 Å². The van der Waals surface area contributed by atoms with Gasteiger partial charge in [0, 0.05) is 41.8 Å². The van der Waals surface area contributed by atoms with E-state index in [1.807, 2.05) is 0 Å². The van der Waals surface area contributed by atoms with E-state index in [0.29, 0.717) is 19.6 Å². The van der Waals surface area contributed by atoms with Crippen LogP contribution < -0.4 is 10.1 Å². The first kappa shape index (κ1) is 25.2. The molecule has 2 saturated heterocycles. The lowest BCUT2D eigenvalue weighted by Crippen LogP contribution is -2.62. The van der Waals surface area contributed by atoms with E-state index >= 15 is 0 Å². The minimum absolute atomic E-state index is 0.152. The summed E-state index contributed by atoms with van der Waals surface area (Å²) in [5.41, 5.74) is 0.335. The zero-order valence-electron chi connectivity index (χ0n) is 18.7. The van der Waals surface area contributed by atoms with E-state index in [4.69, 9.17) is 11.6 Å². The number of nitrogens with zero attached hydrogens (tertiary/aromatic N) is 2. The Kier molecular flexibility index (Phi) is 7.51. The van der Waals surface area contributed by atoms with E-state index in [-0.39, 0.29) is 39.9 Å². The van der Waals surface area contributed by atoms with Crippen molar-refractivity contribution in [3.63, 3.8) is 0 Å². The number of ether oxygens (including phenoxy) is 1. The molecule has 2 aliphatic heterocycles. The van der Waals surface area contributed by atoms with Gasteiger partial charge in [0.2, 0.25) is 0 Å². The molecule has 11 heteroatoms. The van der Waals surface area contributed by atoms with Gasteiger partial charge >= 0.3 is 6.36 Å². The fourth-order valence-corrected chi connectivity index (χ4v) is 4.63. The van der Waals surface area contributed by atoms with E-state index in [1.165, 1.54) is 18.2 Å². The van der Waals surface area contributed by atoms with Gasteiger partial charge in [-0.2, -0.15) is 0 Å². The Morgan fingerprint density at radius 1 is 1.06 bits per heavy atom. The number of rotatable bonds is 6. The van der Waals surface area contributed by atoms with Crippen LogP contribution >= 0.6 is 11.6 Å². The van der Waals surface area contributed by atoms with Crippen LogP contribution in [0.15, 0.2) is 42.5 Å². The number of alkyl halides is 3. The molecule has 0 atom stereocenters. The second kappa shape index (κ2) is 10.4. The monoisotopic (exact) mass is 513 g/mol. The molecule has 2 amide bonds. The summed E-state index contributed by atoms with van der Waals surface area (Å²) in [6.45, 7) is 3.12. The smallest absolute Gasteiger partial charge is 0.406 e. The van der Waals surface area contributed by atoms with Crippen molar-refractivity contribution in [2.24, 2.45) is 5.92 Å². The number of hydrogen-bond acceptors (Lipinski definition) is 4. The first-order valence-corrected chi connectivity index (χ1v) is 11.6. The van der Waals surface area contributed by atoms with E-state index in [0.717, 1.165) is 50.2 Å². The number of carbonyl (C=O) groups excluding carboxylic acids is 2. The molecular formula is C24H24ClF4N3O3. The normalized spacial score (nSPS) is 17.7. The van der Waals surface area contributed by atoms with Crippen LogP contribution in [-0.2, 0) is 0 Å². The van der Waals surface area contributed by atoms with Crippen LogP contribution in [0.1, 0.15) is 33.6 Å². The summed E-state index contributed by atoms with van der Waals surface area (Å²) in [6.07, 6.45) is -3.08. The maximum Gasteiger partial charge on any atom is 0.573 e. The molecule has 4 rings (SSSR count). The third-order valence-electron chi connectivity index (χ3n) is 6.31. The quantitative estimate of drug-likeness (QED) is 0.584. The second-order valence-electron chi connectivity index (χ2n) is 8.79. The summed E-state index contributed by atoms with van der Waals surface area (Å²) in [7, 11) is 0. The van der Waals surface area contributed by atoms with Gasteiger partial charge in [-0.15, -0.1) is 13.2 Å². The van der Waals surface area contributed by atoms with Crippen LogP contribution in [0.4, 0.5) is 17.6 Å². The summed E-state index contributed by atoms with van der Waals surface area (Å²) < 4.78 is 54.6. The third-order valence-corrected chi connectivity index (χ3v) is 6.52. The van der Waals surface area contributed by atoms with Crippen molar-refractivity contribution in [2.75, 3.05) is 32.7 Å². The van der Waals surface area contributed by atoms with Gasteiger partial charge < -0.3 is 15.0 Å². The van der Waals surface area contributed by atoms with E-state index in [2.05, 4.69) is 15.0 Å². The zero-order chi connectivity index (χ0) is 25.2. The van der Waals surface area contributed by atoms with Gasteiger partial charge in [0.05, 0.1) is 0 Å². The van der Waals surface area contributed by atoms with E-state index in [9.17, 15) is 27.2 Å². The highest BCUT2D eigenvalue weighted by atomic mass is 35.5. The van der Waals surface area contributed by atoms with Crippen molar-refractivity contribution >= 4 is 23.4 Å². The number of nitrogens with one attached hydrogen (secondary N) is 1. The van der Waals surface area contributed by atoms with Crippen molar-refractivity contribution in [1.82, 2.24) is 15.1 Å². The molecule has 2 heterocycles. The minimum Gasteiger partial charge on any atom is -0.406 e. The molecule has 0 radical (unpaired) electrons. The number of hydrogen-bond donors (Lipinski definition) is 1. The molecule has 0 bridgehead atoms. The van der Waals surface area contributed by atoms with Crippen molar-refractivity contribution in [2.45, 2.75) is 25.2 Å². The standard InChI is InChI=1S/C24H24ClF4N3O3/c25-18-8-17(9-19(26)11-18)22(33)30-12-15-4-6-31(7-5-15)20-13-32(14-20)23(34)16-2-1-3-21(10-16)35-24(27,28)29/h1-3,8-11,15,20H,4-7,12-14H2,(H,30,33). The maximum absolute atomic E-state index is 13.5. The van der Waals surface area contributed by atoms with Crippen molar-refractivity contribution in [3.05, 3.63) is 64.4 Å². The molecule has 188 valence electrons. The predicted octanol–water partition coefficient (Wildman–Crippen LogP) is 4.34. The van der Waals surface area contributed by atoms with Crippen LogP contribution in [0, 0.1) is 11.7 Å². The van der Waals surface area contributed by atoms with Gasteiger partial charge in [-0.3, -0.25) is 14.5 Å². The van der Waals surface area contributed by atoms with Crippen molar-refractivity contribution in [3.8, 4) is 5.75 Å². The Labute approximate surface area is 204 Å². The molecule has 0 unspecified atom stereocenters. The van der Waals surface area contributed by atoms with E-state index < -0.39 is 17.9 Å². The Balaban J connectivity index is 1.20. The average Bonchev–Trinajstić information content (AvgIpc) is 2.75. The first-order valence-electron chi connectivity index (χ1n) is 11.2. The Bertz CT molecular complexity index is 1060. The Morgan fingerprint density at radius 2 is 1.77 bits per heavy atom.